The summed E-state index contributed by atoms with van der Waals surface area (Å²) < 4.78 is 43.7. The average molecular weight is 370 g/mol. The first kappa shape index (κ1) is 18.2. The molecule has 3 rings (SSSR count). The fraction of sp³-hybridized carbons (Fsp3) is 0.105. The molecule has 1 aromatic heterocycles. The molecule has 1 heterocycles. The van der Waals surface area contributed by atoms with Crippen LogP contribution >= 0.6 is 0 Å². The van der Waals surface area contributed by atoms with E-state index in [9.17, 15) is 13.2 Å². The van der Waals surface area contributed by atoms with Crippen LogP contribution in [0.2, 0.25) is 0 Å². The van der Waals surface area contributed by atoms with Crippen molar-refractivity contribution in [2.45, 2.75) is 6.18 Å². The molecule has 0 amide bonds. The molecule has 136 valence electrons. The summed E-state index contributed by atoms with van der Waals surface area (Å²) in [6, 6.07) is 12.2. The predicted octanol–water partition coefficient (Wildman–Crippen LogP) is 4.54. The summed E-state index contributed by atoms with van der Waals surface area (Å²) in [6.07, 6.45) is -1.16. The summed E-state index contributed by atoms with van der Waals surface area (Å²) in [6.45, 7) is 0. The molecule has 0 aliphatic carbocycles. The Kier molecular flexibility index (Phi) is 4.94. The second-order valence-electron chi connectivity index (χ2n) is 5.60. The number of hydrogen-bond acceptors (Lipinski definition) is 4. The molecule has 8 heteroatoms. The minimum absolute atomic E-state index is 0.205. The van der Waals surface area contributed by atoms with E-state index in [2.05, 4.69) is 15.4 Å². The Bertz CT molecular complexity index is 1030. The normalized spacial score (nSPS) is 11.5. The van der Waals surface area contributed by atoms with Crippen LogP contribution in [-0.4, -0.2) is 22.5 Å². The number of aromatic amines is 1. The molecule has 1 N–H and O–H groups in total. The van der Waals surface area contributed by atoms with Gasteiger partial charge in [0.05, 0.1) is 12.7 Å². The van der Waals surface area contributed by atoms with Crippen molar-refractivity contribution in [2.75, 3.05) is 7.11 Å². The first-order valence-electron chi connectivity index (χ1n) is 7.76. The number of alkyl halides is 3. The van der Waals surface area contributed by atoms with Crippen molar-refractivity contribution in [2.24, 2.45) is 0 Å². The third-order valence-corrected chi connectivity index (χ3v) is 3.78. The monoisotopic (exact) mass is 370 g/mol. The van der Waals surface area contributed by atoms with Gasteiger partial charge < -0.3 is 4.74 Å². The number of benzene rings is 2. The number of hydrogen-bond donors (Lipinski definition) is 1. The number of H-pyrrole nitrogens is 1. The minimum Gasteiger partial charge on any atom is -0.497 e. The SMILES string of the molecule is COc1cc(C=Cc2cccc(C(F)(F)F)c2)cc(-c2nn[nH]c2C#N)c1. The number of rotatable bonds is 4. The van der Waals surface area contributed by atoms with Crippen LogP contribution in [0.25, 0.3) is 23.4 Å². The maximum absolute atomic E-state index is 12.8. The maximum atomic E-state index is 12.8. The summed E-state index contributed by atoms with van der Waals surface area (Å²) in [5, 5.41) is 19.1. The van der Waals surface area contributed by atoms with Crippen molar-refractivity contribution < 1.29 is 17.9 Å². The van der Waals surface area contributed by atoms with Gasteiger partial charge in [0.25, 0.3) is 0 Å². The molecule has 0 aliphatic rings. The molecular weight excluding hydrogens is 357 g/mol. The topological polar surface area (TPSA) is 74.6 Å². The van der Waals surface area contributed by atoms with Crippen molar-refractivity contribution in [3.8, 4) is 23.1 Å². The molecule has 0 fully saturated rings. The second-order valence-corrected chi connectivity index (χ2v) is 5.60. The number of nitriles is 1. The molecule has 0 radical (unpaired) electrons. The molecule has 0 unspecified atom stereocenters. The van der Waals surface area contributed by atoms with Crippen LogP contribution < -0.4 is 4.74 Å². The van der Waals surface area contributed by atoms with Crippen LogP contribution in [0, 0.1) is 11.3 Å². The molecule has 0 saturated carbocycles. The zero-order valence-electron chi connectivity index (χ0n) is 14.1. The van der Waals surface area contributed by atoms with Gasteiger partial charge in [0.15, 0.2) is 5.69 Å². The lowest BCUT2D eigenvalue weighted by molar-refractivity contribution is -0.137. The molecule has 3 aromatic rings. The van der Waals surface area contributed by atoms with E-state index in [-0.39, 0.29) is 5.69 Å². The van der Waals surface area contributed by atoms with E-state index in [1.165, 1.54) is 13.2 Å². The highest BCUT2D eigenvalue weighted by Gasteiger charge is 2.30. The van der Waals surface area contributed by atoms with Crippen LogP contribution in [0.5, 0.6) is 5.75 Å². The van der Waals surface area contributed by atoms with Gasteiger partial charge in [-0.3, -0.25) is 0 Å². The first-order chi connectivity index (χ1) is 12.9. The number of nitrogens with one attached hydrogen (secondary N) is 1. The van der Waals surface area contributed by atoms with E-state index in [4.69, 9.17) is 10.00 Å². The molecular formula is C19H13F3N4O. The standard InChI is InChI=1S/C19H13F3N4O/c1-27-16-9-13(7-14(10-16)18-17(11-23)24-26-25-18)6-5-12-3-2-4-15(8-12)19(20,21)22/h2-10H,1H3,(H,24,25,26). The first-order valence-corrected chi connectivity index (χ1v) is 7.76. The van der Waals surface area contributed by atoms with Gasteiger partial charge in [0.2, 0.25) is 0 Å². The van der Waals surface area contributed by atoms with Crippen molar-refractivity contribution in [1.29, 1.82) is 5.26 Å². The molecule has 0 aliphatic heterocycles. The maximum Gasteiger partial charge on any atom is 0.416 e. The van der Waals surface area contributed by atoms with Gasteiger partial charge >= 0.3 is 6.18 Å². The Balaban J connectivity index is 1.97. The molecule has 27 heavy (non-hydrogen) atoms. The third kappa shape index (κ3) is 4.15. The Hall–Kier alpha value is -3.60. The van der Waals surface area contributed by atoms with Crippen LogP contribution in [0.1, 0.15) is 22.4 Å². The lowest BCUT2D eigenvalue weighted by Crippen LogP contribution is -2.04. The van der Waals surface area contributed by atoms with Crippen LogP contribution in [0.4, 0.5) is 13.2 Å². The molecule has 5 nitrogen and oxygen atoms in total. The predicted molar refractivity (Wildman–Crippen MR) is 93.5 cm³/mol. The lowest BCUT2D eigenvalue weighted by atomic mass is 10.0. The summed E-state index contributed by atoms with van der Waals surface area (Å²) in [7, 11) is 1.49. The summed E-state index contributed by atoms with van der Waals surface area (Å²) in [5.41, 5.74) is 1.55. The number of ether oxygens (including phenoxy) is 1. The van der Waals surface area contributed by atoms with Gasteiger partial charge in [-0.2, -0.15) is 18.4 Å². The van der Waals surface area contributed by atoms with Crippen LogP contribution in [-0.2, 0) is 6.18 Å². The van der Waals surface area contributed by atoms with Gasteiger partial charge in [0, 0.05) is 5.56 Å². The molecule has 0 atom stereocenters. The lowest BCUT2D eigenvalue weighted by Gasteiger charge is -2.07. The fourth-order valence-corrected chi connectivity index (χ4v) is 2.49. The van der Waals surface area contributed by atoms with Gasteiger partial charge in [-0.05, 0) is 41.5 Å². The fourth-order valence-electron chi connectivity index (χ4n) is 2.49. The Labute approximate surface area is 152 Å². The van der Waals surface area contributed by atoms with Gasteiger partial charge in [0.1, 0.15) is 17.5 Å². The van der Waals surface area contributed by atoms with E-state index in [1.807, 2.05) is 6.07 Å². The zero-order chi connectivity index (χ0) is 19.4. The van der Waals surface area contributed by atoms with Crippen LogP contribution in [0.15, 0.2) is 42.5 Å². The second kappa shape index (κ2) is 7.33. The van der Waals surface area contributed by atoms with E-state index >= 15 is 0 Å². The molecule has 2 aromatic carbocycles. The largest absolute Gasteiger partial charge is 0.497 e. The molecule has 0 bridgehead atoms. The number of aromatic nitrogens is 3. The van der Waals surface area contributed by atoms with Crippen molar-refractivity contribution in [3.63, 3.8) is 0 Å². The smallest absolute Gasteiger partial charge is 0.416 e. The van der Waals surface area contributed by atoms with Crippen molar-refractivity contribution in [3.05, 3.63) is 64.8 Å². The van der Waals surface area contributed by atoms with Gasteiger partial charge in [-0.25, -0.2) is 5.10 Å². The Morgan fingerprint density at radius 3 is 2.59 bits per heavy atom. The number of halogens is 3. The van der Waals surface area contributed by atoms with E-state index in [0.717, 1.165) is 12.1 Å². The highest BCUT2D eigenvalue weighted by atomic mass is 19.4. The number of nitrogens with zero attached hydrogens (tertiary/aromatic N) is 3. The van der Waals surface area contributed by atoms with E-state index in [1.54, 1.807) is 36.4 Å². The van der Waals surface area contributed by atoms with Crippen LogP contribution in [0.3, 0.4) is 0 Å². The van der Waals surface area contributed by atoms with Crippen molar-refractivity contribution in [1.82, 2.24) is 15.4 Å². The Morgan fingerprint density at radius 2 is 1.89 bits per heavy atom. The summed E-state index contributed by atoms with van der Waals surface area (Å²) in [4.78, 5) is 0. The molecule has 0 spiro atoms. The highest BCUT2D eigenvalue weighted by molar-refractivity contribution is 5.75. The average Bonchev–Trinajstić information content (AvgIpc) is 3.14. The van der Waals surface area contributed by atoms with E-state index < -0.39 is 11.7 Å². The summed E-state index contributed by atoms with van der Waals surface area (Å²) in [5.74, 6) is 0.517. The third-order valence-electron chi connectivity index (χ3n) is 3.78. The van der Waals surface area contributed by atoms with Gasteiger partial charge in [-0.15, -0.1) is 5.10 Å². The number of methoxy groups -OCH3 is 1. The summed E-state index contributed by atoms with van der Waals surface area (Å²) >= 11 is 0. The minimum atomic E-state index is -4.40. The van der Waals surface area contributed by atoms with Gasteiger partial charge in [-0.1, -0.05) is 29.5 Å². The zero-order valence-corrected chi connectivity index (χ0v) is 14.1. The van der Waals surface area contributed by atoms with Crippen molar-refractivity contribution >= 4 is 12.2 Å². The highest BCUT2D eigenvalue weighted by Crippen LogP contribution is 2.30. The van der Waals surface area contributed by atoms with E-state index in [0.29, 0.717) is 28.1 Å². The Morgan fingerprint density at radius 1 is 1.11 bits per heavy atom. The quantitative estimate of drug-likeness (QED) is 0.684. The molecule has 0 saturated heterocycles.